The Bertz CT molecular complexity index is 2100. The van der Waals surface area contributed by atoms with Crippen LogP contribution in [0.3, 0.4) is 0 Å². The minimum Gasteiger partial charge on any atom is -0.480 e. The number of hydrogen-bond donors (Lipinski definition) is 12. The molecular formula is C44H66N12O8. The van der Waals surface area contributed by atoms with E-state index in [1.54, 1.807) is 12.4 Å². The molecule has 20 heteroatoms. The summed E-state index contributed by atoms with van der Waals surface area (Å²) in [5, 5.41) is 32.6. The first kappa shape index (κ1) is 50.2. The summed E-state index contributed by atoms with van der Waals surface area (Å²) in [4.78, 5) is 105. The number of nitrogens with zero attached hydrogens (tertiary/aromatic N) is 1. The number of nitrogens with two attached hydrogens (primary N) is 1. The van der Waals surface area contributed by atoms with E-state index in [0.717, 1.165) is 16.5 Å². The zero-order valence-electron chi connectivity index (χ0n) is 37.7. The fourth-order valence-electron chi connectivity index (χ4n) is 7.26. The number of aromatic nitrogens is 3. The first-order valence-electron chi connectivity index (χ1n) is 21.8. The third kappa shape index (κ3) is 15.4. The number of carbonyl (C=O) groups excluding carboxylic acids is 6. The Balaban J connectivity index is 1.50. The second kappa shape index (κ2) is 23.9. The Morgan fingerprint density at radius 1 is 0.656 bits per heavy atom. The van der Waals surface area contributed by atoms with Crippen LogP contribution in [0.15, 0.2) is 54.9 Å². The number of carboxylic acid groups (broad SMARTS) is 1. The molecule has 0 aliphatic carbocycles. The standard InChI is InChI=1S/C44H66N12O8/c1-23(2)12-33(40(59)54-35(14-25(5)6)42(61)56-36(16-28-19-46-21-49-28)39(58)51-26(7)44(63)64)53-41(60)34(13-24(3)4)55-43(62)37(17-29-20-47-22-50-29)52-38(57)31(45)15-27-18-48-32-11-9-8-10-30(27)32/h8-11,18-20,22-26,31,33-37,46,48-49H,12-17,21,45H2,1-7H3,(H,47,50)(H,51,58)(H,52,57)(H,53,60)(H,54,59)(H,55,62)(H,56,61)(H,63,64)/t26-,31-,33-,34-,35-,36-,37-/m0/s1. The highest BCUT2D eigenvalue weighted by Gasteiger charge is 2.35. The number of aromatic amines is 2. The van der Waals surface area contributed by atoms with E-state index in [0.29, 0.717) is 18.1 Å². The third-order valence-corrected chi connectivity index (χ3v) is 10.6. The van der Waals surface area contributed by atoms with Crippen molar-refractivity contribution in [3.8, 4) is 0 Å². The lowest BCUT2D eigenvalue weighted by atomic mass is 9.98. The number of amides is 6. The first-order chi connectivity index (χ1) is 30.3. The highest BCUT2D eigenvalue weighted by molar-refractivity contribution is 5.97. The summed E-state index contributed by atoms with van der Waals surface area (Å²) in [6.45, 7) is 12.9. The molecule has 0 spiro atoms. The van der Waals surface area contributed by atoms with Gasteiger partial charge in [0.05, 0.1) is 19.0 Å². The zero-order chi connectivity index (χ0) is 47.1. The van der Waals surface area contributed by atoms with E-state index in [-0.39, 0.29) is 56.3 Å². The maximum Gasteiger partial charge on any atom is 0.325 e. The number of para-hydroxylation sites is 1. The molecule has 3 aromatic rings. The molecule has 4 rings (SSSR count). The number of rotatable bonds is 25. The van der Waals surface area contributed by atoms with Crippen molar-refractivity contribution in [3.63, 3.8) is 0 Å². The van der Waals surface area contributed by atoms with Gasteiger partial charge in [-0.2, -0.15) is 0 Å². The van der Waals surface area contributed by atoms with Gasteiger partial charge in [0, 0.05) is 53.7 Å². The van der Waals surface area contributed by atoms with Gasteiger partial charge in [-0.25, -0.2) is 4.98 Å². The average Bonchev–Trinajstić information content (AvgIpc) is 4.03. The van der Waals surface area contributed by atoms with E-state index in [1.165, 1.54) is 19.4 Å². The number of hydrogen-bond acceptors (Lipinski definition) is 11. The van der Waals surface area contributed by atoms with Crippen LogP contribution in [0.4, 0.5) is 0 Å². The van der Waals surface area contributed by atoms with Crippen molar-refractivity contribution in [2.75, 3.05) is 6.67 Å². The van der Waals surface area contributed by atoms with Gasteiger partial charge in [0.25, 0.3) is 0 Å². The number of nitrogens with one attached hydrogen (secondary N) is 10. The van der Waals surface area contributed by atoms with Crippen LogP contribution in [-0.4, -0.2) is 110 Å². The van der Waals surface area contributed by atoms with Crippen LogP contribution in [0.5, 0.6) is 0 Å². The van der Waals surface area contributed by atoms with Crippen molar-refractivity contribution >= 4 is 52.3 Å². The van der Waals surface area contributed by atoms with Gasteiger partial charge in [-0.15, -0.1) is 0 Å². The van der Waals surface area contributed by atoms with E-state index in [2.05, 4.69) is 57.5 Å². The van der Waals surface area contributed by atoms with Gasteiger partial charge >= 0.3 is 5.97 Å². The third-order valence-electron chi connectivity index (χ3n) is 10.6. The highest BCUT2D eigenvalue weighted by atomic mass is 16.4. The molecule has 6 amide bonds. The molecule has 0 saturated heterocycles. The van der Waals surface area contributed by atoms with E-state index < -0.39 is 83.7 Å². The van der Waals surface area contributed by atoms with Gasteiger partial charge in [-0.3, -0.25) is 33.6 Å². The van der Waals surface area contributed by atoms with Crippen LogP contribution in [0.2, 0.25) is 0 Å². The molecule has 13 N–H and O–H groups in total. The Hall–Kier alpha value is -6.44. The van der Waals surface area contributed by atoms with Crippen molar-refractivity contribution in [1.29, 1.82) is 0 Å². The quantitative estimate of drug-likeness (QED) is 0.0555. The minimum absolute atomic E-state index is 0.0111. The molecule has 3 heterocycles. The molecule has 0 fully saturated rings. The van der Waals surface area contributed by atoms with Crippen molar-refractivity contribution in [3.05, 3.63) is 66.1 Å². The predicted octanol–water partition coefficient (Wildman–Crippen LogP) is 0.537. The molecule has 350 valence electrons. The lowest BCUT2D eigenvalue weighted by Crippen LogP contribution is -2.60. The number of fused-ring (bicyclic) bond motifs is 1. The first-order valence-corrected chi connectivity index (χ1v) is 21.8. The second-order valence-electron chi connectivity index (χ2n) is 17.6. The van der Waals surface area contributed by atoms with Crippen LogP contribution in [0.1, 0.15) is 85.4 Å². The summed E-state index contributed by atoms with van der Waals surface area (Å²) in [5.74, 6) is -5.48. The lowest BCUT2D eigenvalue weighted by molar-refractivity contribution is -0.141. The Kier molecular flexibility index (Phi) is 18.7. The van der Waals surface area contributed by atoms with Gasteiger partial charge in [0.1, 0.15) is 36.3 Å². The summed E-state index contributed by atoms with van der Waals surface area (Å²) in [5.41, 5.74) is 9.28. The molecule has 7 atom stereocenters. The Morgan fingerprint density at radius 2 is 1.16 bits per heavy atom. The van der Waals surface area contributed by atoms with Gasteiger partial charge in [-0.05, 0) is 62.0 Å². The van der Waals surface area contributed by atoms with Gasteiger partial charge in [0.15, 0.2) is 0 Å². The molecule has 2 aromatic heterocycles. The lowest BCUT2D eigenvalue weighted by Gasteiger charge is -2.29. The molecule has 1 aliphatic rings. The molecular weight excluding hydrogens is 825 g/mol. The van der Waals surface area contributed by atoms with E-state index in [9.17, 15) is 38.7 Å². The minimum atomic E-state index is -1.25. The fourth-order valence-corrected chi connectivity index (χ4v) is 7.26. The average molecular weight is 891 g/mol. The van der Waals surface area contributed by atoms with Crippen LogP contribution in [-0.2, 0) is 46.4 Å². The molecule has 64 heavy (non-hydrogen) atoms. The van der Waals surface area contributed by atoms with Crippen LogP contribution in [0.25, 0.3) is 10.9 Å². The van der Waals surface area contributed by atoms with Crippen LogP contribution in [0, 0.1) is 17.8 Å². The SMILES string of the molecule is CC(C)C[C@H](NC(=O)[C@H](CC(C)C)NC(=O)[C@H](CC(C)C)NC(=O)[C@H](Cc1cnc[nH]1)NC(=O)[C@@H](N)Cc1c[nH]c2ccccc12)C(=O)N[C@@H](CC1=CNCN1)C(=O)N[C@@H](C)C(=O)O. The summed E-state index contributed by atoms with van der Waals surface area (Å²) < 4.78 is 0. The number of imidazole rings is 1. The number of benzene rings is 1. The van der Waals surface area contributed by atoms with Gasteiger partial charge in [-0.1, -0.05) is 59.7 Å². The number of carboxylic acids is 1. The molecule has 0 radical (unpaired) electrons. The highest BCUT2D eigenvalue weighted by Crippen LogP contribution is 2.19. The molecule has 20 nitrogen and oxygen atoms in total. The van der Waals surface area contributed by atoms with E-state index in [4.69, 9.17) is 5.73 Å². The molecule has 1 aromatic carbocycles. The fraction of sp³-hybridized carbons (Fsp3) is 0.545. The van der Waals surface area contributed by atoms with Crippen molar-refractivity contribution in [1.82, 2.24) is 57.5 Å². The van der Waals surface area contributed by atoms with E-state index >= 15 is 0 Å². The summed E-state index contributed by atoms with van der Waals surface area (Å²) in [7, 11) is 0. The largest absolute Gasteiger partial charge is 0.480 e. The summed E-state index contributed by atoms with van der Waals surface area (Å²) in [6, 6.07) is -0.381. The van der Waals surface area contributed by atoms with Crippen molar-refractivity contribution in [2.45, 2.75) is 129 Å². The van der Waals surface area contributed by atoms with Crippen molar-refractivity contribution < 1.29 is 38.7 Å². The van der Waals surface area contributed by atoms with Gasteiger partial charge in [0.2, 0.25) is 35.4 Å². The monoisotopic (exact) mass is 891 g/mol. The summed E-state index contributed by atoms with van der Waals surface area (Å²) >= 11 is 0. The Morgan fingerprint density at radius 3 is 1.66 bits per heavy atom. The van der Waals surface area contributed by atoms with Crippen LogP contribution < -0.4 is 48.3 Å². The smallest absolute Gasteiger partial charge is 0.325 e. The predicted molar refractivity (Wildman–Crippen MR) is 239 cm³/mol. The summed E-state index contributed by atoms with van der Waals surface area (Å²) in [6.07, 6.45) is 7.15. The molecule has 0 saturated carbocycles. The zero-order valence-corrected chi connectivity index (χ0v) is 37.7. The second-order valence-corrected chi connectivity index (χ2v) is 17.6. The number of carbonyl (C=O) groups is 7. The number of H-pyrrole nitrogens is 2. The molecule has 1 aliphatic heterocycles. The molecule has 0 bridgehead atoms. The molecule has 0 unspecified atom stereocenters. The van der Waals surface area contributed by atoms with Crippen molar-refractivity contribution in [2.24, 2.45) is 23.5 Å². The maximum atomic E-state index is 14.2. The van der Waals surface area contributed by atoms with Gasteiger partial charge < -0.3 is 63.3 Å². The normalized spacial score (nSPS) is 15.7. The van der Waals surface area contributed by atoms with Crippen LogP contribution >= 0.6 is 0 Å². The Labute approximate surface area is 373 Å². The topological polar surface area (TPSA) is 306 Å². The maximum absolute atomic E-state index is 14.2. The number of aliphatic carboxylic acids is 1. The van der Waals surface area contributed by atoms with E-state index in [1.807, 2.05) is 65.8 Å².